The molecule has 1 rings (SSSR count). The minimum Gasteiger partial charge on any atom is -0.398 e. The van der Waals surface area contributed by atoms with Crippen molar-refractivity contribution in [3.63, 3.8) is 0 Å². The van der Waals surface area contributed by atoms with E-state index in [1.807, 2.05) is 13.8 Å². The van der Waals surface area contributed by atoms with Crippen molar-refractivity contribution in [3.8, 4) is 0 Å². The maximum atomic E-state index is 12.0. The Morgan fingerprint density at radius 1 is 1.29 bits per heavy atom. The van der Waals surface area contributed by atoms with Crippen molar-refractivity contribution in [3.05, 3.63) is 23.8 Å². The van der Waals surface area contributed by atoms with Crippen LogP contribution in [0.5, 0.6) is 0 Å². The maximum absolute atomic E-state index is 12.0. The number of nitrogen functional groups attached to an aromatic ring is 1. The van der Waals surface area contributed by atoms with Crippen LogP contribution in [0.25, 0.3) is 0 Å². The van der Waals surface area contributed by atoms with Crippen LogP contribution >= 0.6 is 0 Å². The first-order valence-electron chi connectivity index (χ1n) is 5.64. The molecular formula is C12H19NO3S. The van der Waals surface area contributed by atoms with Crippen LogP contribution in [0.15, 0.2) is 23.1 Å². The molecule has 0 fully saturated rings. The zero-order valence-corrected chi connectivity index (χ0v) is 11.1. The third kappa shape index (κ3) is 4.02. The van der Waals surface area contributed by atoms with Gasteiger partial charge in [0.15, 0.2) is 9.84 Å². The zero-order chi connectivity index (χ0) is 12.9. The molecule has 1 aromatic rings. The Morgan fingerprint density at radius 2 is 2.00 bits per heavy atom. The minimum atomic E-state index is -3.34. The number of rotatable bonds is 6. The summed E-state index contributed by atoms with van der Waals surface area (Å²) in [6.07, 6.45) is 0.882. The Hall–Kier alpha value is -1.07. The Kier molecular flexibility index (Phi) is 4.96. The molecule has 0 amide bonds. The summed E-state index contributed by atoms with van der Waals surface area (Å²) in [5.74, 6) is -0.0271. The van der Waals surface area contributed by atoms with E-state index in [1.54, 1.807) is 18.2 Å². The van der Waals surface area contributed by atoms with Gasteiger partial charge < -0.3 is 10.5 Å². The highest BCUT2D eigenvalue weighted by atomic mass is 32.2. The van der Waals surface area contributed by atoms with Crippen LogP contribution in [-0.2, 0) is 14.6 Å². The molecule has 0 radical (unpaired) electrons. The second kappa shape index (κ2) is 6.02. The van der Waals surface area contributed by atoms with Gasteiger partial charge in [0.05, 0.1) is 22.9 Å². The first-order valence-corrected chi connectivity index (χ1v) is 7.29. The van der Waals surface area contributed by atoms with E-state index in [9.17, 15) is 8.42 Å². The molecule has 2 N–H and O–H groups in total. The Labute approximate surface area is 103 Å². The Balaban J connectivity index is 2.79. The van der Waals surface area contributed by atoms with Crippen molar-refractivity contribution >= 4 is 15.5 Å². The van der Waals surface area contributed by atoms with Gasteiger partial charge in [-0.1, -0.05) is 13.0 Å². The van der Waals surface area contributed by atoms with Crippen LogP contribution in [0.3, 0.4) is 0 Å². The van der Waals surface area contributed by atoms with E-state index in [1.165, 1.54) is 0 Å². The first kappa shape index (κ1) is 14.0. The maximum Gasteiger partial charge on any atom is 0.182 e. The predicted molar refractivity (Wildman–Crippen MR) is 68.8 cm³/mol. The van der Waals surface area contributed by atoms with E-state index >= 15 is 0 Å². The van der Waals surface area contributed by atoms with Crippen LogP contribution in [0.1, 0.15) is 18.9 Å². The van der Waals surface area contributed by atoms with Gasteiger partial charge in [-0.2, -0.15) is 0 Å². The highest BCUT2D eigenvalue weighted by Gasteiger charge is 2.17. The molecule has 0 spiro atoms. The van der Waals surface area contributed by atoms with Gasteiger partial charge in [0.25, 0.3) is 0 Å². The second-order valence-corrected chi connectivity index (χ2v) is 6.05. The summed E-state index contributed by atoms with van der Waals surface area (Å²) in [6, 6.07) is 5.02. The SMILES string of the molecule is CCCOCCS(=O)(=O)c1cc(C)ccc1N. The lowest BCUT2D eigenvalue weighted by Crippen LogP contribution is -2.14. The Bertz CT molecular complexity index is 469. The molecule has 0 atom stereocenters. The van der Waals surface area contributed by atoms with Gasteiger partial charge in [-0.25, -0.2) is 8.42 Å². The molecule has 0 heterocycles. The number of sulfone groups is 1. The van der Waals surface area contributed by atoms with Gasteiger partial charge in [-0.3, -0.25) is 0 Å². The van der Waals surface area contributed by atoms with Crippen molar-refractivity contribution < 1.29 is 13.2 Å². The summed E-state index contributed by atoms with van der Waals surface area (Å²) in [5, 5.41) is 0. The standard InChI is InChI=1S/C12H19NO3S/c1-3-6-16-7-8-17(14,15)12-9-10(2)4-5-11(12)13/h4-5,9H,3,6-8,13H2,1-2H3. The largest absolute Gasteiger partial charge is 0.398 e. The van der Waals surface area contributed by atoms with Crippen molar-refractivity contribution in [2.24, 2.45) is 0 Å². The molecule has 17 heavy (non-hydrogen) atoms. The molecule has 0 saturated heterocycles. The van der Waals surface area contributed by atoms with Crippen LogP contribution < -0.4 is 5.73 Å². The van der Waals surface area contributed by atoms with Crippen molar-refractivity contribution in [2.45, 2.75) is 25.2 Å². The van der Waals surface area contributed by atoms with Gasteiger partial charge in [0.2, 0.25) is 0 Å². The average Bonchev–Trinajstić information content (AvgIpc) is 2.28. The third-order valence-electron chi connectivity index (χ3n) is 2.35. The zero-order valence-electron chi connectivity index (χ0n) is 10.3. The fraction of sp³-hybridized carbons (Fsp3) is 0.500. The van der Waals surface area contributed by atoms with E-state index < -0.39 is 9.84 Å². The number of nitrogens with two attached hydrogens (primary N) is 1. The first-order chi connectivity index (χ1) is 7.97. The Morgan fingerprint density at radius 3 is 2.65 bits per heavy atom. The minimum absolute atomic E-state index is 0.0271. The van der Waals surface area contributed by atoms with Gasteiger partial charge in [-0.15, -0.1) is 0 Å². The molecule has 0 aromatic heterocycles. The second-order valence-electron chi connectivity index (χ2n) is 3.97. The lowest BCUT2D eigenvalue weighted by atomic mass is 10.2. The number of hydrogen-bond acceptors (Lipinski definition) is 4. The van der Waals surface area contributed by atoms with Crippen LogP contribution in [-0.4, -0.2) is 27.4 Å². The summed E-state index contributed by atoms with van der Waals surface area (Å²) in [5.41, 5.74) is 6.87. The van der Waals surface area contributed by atoms with E-state index in [0.29, 0.717) is 12.3 Å². The molecule has 96 valence electrons. The fourth-order valence-corrected chi connectivity index (χ4v) is 2.79. The summed E-state index contributed by atoms with van der Waals surface area (Å²) < 4.78 is 29.2. The number of ether oxygens (including phenoxy) is 1. The fourth-order valence-electron chi connectivity index (χ4n) is 1.44. The number of benzene rings is 1. The molecule has 0 saturated carbocycles. The normalized spacial score (nSPS) is 11.6. The highest BCUT2D eigenvalue weighted by molar-refractivity contribution is 7.91. The van der Waals surface area contributed by atoms with E-state index in [2.05, 4.69) is 0 Å². The molecule has 0 bridgehead atoms. The van der Waals surface area contributed by atoms with Gasteiger partial charge >= 0.3 is 0 Å². The van der Waals surface area contributed by atoms with Gasteiger partial charge in [-0.05, 0) is 31.0 Å². The van der Waals surface area contributed by atoms with Gasteiger partial charge in [0.1, 0.15) is 0 Å². The quantitative estimate of drug-likeness (QED) is 0.623. The van der Waals surface area contributed by atoms with Gasteiger partial charge in [0, 0.05) is 6.61 Å². The molecule has 0 aliphatic rings. The molecular weight excluding hydrogens is 238 g/mol. The van der Waals surface area contributed by atoms with E-state index in [4.69, 9.17) is 10.5 Å². The van der Waals surface area contributed by atoms with Crippen molar-refractivity contribution in [2.75, 3.05) is 24.7 Å². The number of aryl methyl sites for hydroxylation is 1. The summed E-state index contributed by atoms with van der Waals surface area (Å²) >= 11 is 0. The topological polar surface area (TPSA) is 69.4 Å². The van der Waals surface area contributed by atoms with Crippen LogP contribution in [0, 0.1) is 6.92 Å². The molecule has 0 aliphatic heterocycles. The van der Waals surface area contributed by atoms with Crippen LogP contribution in [0.2, 0.25) is 0 Å². The average molecular weight is 257 g/mol. The monoisotopic (exact) mass is 257 g/mol. The lowest BCUT2D eigenvalue weighted by Gasteiger charge is -2.08. The molecule has 4 nitrogen and oxygen atoms in total. The van der Waals surface area contributed by atoms with E-state index in [0.717, 1.165) is 12.0 Å². The number of anilines is 1. The summed E-state index contributed by atoms with van der Waals surface area (Å²) in [7, 11) is -3.34. The highest BCUT2D eigenvalue weighted by Crippen LogP contribution is 2.20. The summed E-state index contributed by atoms with van der Waals surface area (Å²) in [6.45, 7) is 4.61. The smallest absolute Gasteiger partial charge is 0.182 e. The van der Waals surface area contributed by atoms with Crippen molar-refractivity contribution in [1.82, 2.24) is 0 Å². The molecule has 1 aromatic carbocycles. The molecule has 0 aliphatic carbocycles. The van der Waals surface area contributed by atoms with Crippen LogP contribution in [0.4, 0.5) is 5.69 Å². The number of hydrogen-bond donors (Lipinski definition) is 1. The summed E-state index contributed by atoms with van der Waals surface area (Å²) in [4.78, 5) is 0.206. The predicted octanol–water partition coefficient (Wildman–Crippen LogP) is 1.78. The van der Waals surface area contributed by atoms with Crippen molar-refractivity contribution in [1.29, 1.82) is 0 Å². The molecule has 5 heteroatoms. The lowest BCUT2D eigenvalue weighted by molar-refractivity contribution is 0.149. The van der Waals surface area contributed by atoms with E-state index in [-0.39, 0.29) is 17.3 Å². The third-order valence-corrected chi connectivity index (χ3v) is 4.08. The molecule has 0 unspecified atom stereocenters.